The van der Waals surface area contributed by atoms with Gasteiger partial charge in [-0.05, 0) is 36.4 Å². The van der Waals surface area contributed by atoms with Crippen LogP contribution < -0.4 is 10.2 Å². The van der Waals surface area contributed by atoms with E-state index in [0.29, 0.717) is 32.9 Å². The molecule has 3 rings (SSSR count). The maximum Gasteiger partial charge on any atom is 0.271 e. The van der Waals surface area contributed by atoms with E-state index in [1.165, 1.54) is 18.6 Å². The summed E-state index contributed by atoms with van der Waals surface area (Å²) in [6, 6.07) is 11.7. The molecule has 0 saturated carbocycles. The fraction of sp³-hybridized carbons (Fsp3) is 0.0556. The minimum Gasteiger partial charge on any atom is -0.486 e. The van der Waals surface area contributed by atoms with Gasteiger partial charge in [-0.2, -0.15) is 5.10 Å². The zero-order valence-electron chi connectivity index (χ0n) is 13.4. The molecule has 0 radical (unpaired) electrons. The van der Waals surface area contributed by atoms with Crippen molar-refractivity contribution in [1.29, 1.82) is 0 Å². The third-order valence-corrected chi connectivity index (χ3v) is 3.99. The maximum absolute atomic E-state index is 11.8. The van der Waals surface area contributed by atoms with Gasteiger partial charge >= 0.3 is 0 Å². The van der Waals surface area contributed by atoms with Crippen molar-refractivity contribution in [2.75, 3.05) is 0 Å². The summed E-state index contributed by atoms with van der Waals surface area (Å²) in [6.07, 6.45) is 4.47. The molecule has 2 aromatic heterocycles. The van der Waals surface area contributed by atoms with E-state index in [2.05, 4.69) is 15.5 Å². The Bertz CT molecular complexity index is 926. The maximum atomic E-state index is 11.8. The molecule has 1 N–H and O–H groups in total. The van der Waals surface area contributed by atoms with Crippen LogP contribution in [-0.2, 0) is 6.61 Å². The van der Waals surface area contributed by atoms with Crippen LogP contribution in [0.5, 0.6) is 5.75 Å². The van der Waals surface area contributed by atoms with Crippen LogP contribution in [0.25, 0.3) is 0 Å². The highest BCUT2D eigenvalue weighted by molar-refractivity contribution is 6.42. The summed E-state index contributed by atoms with van der Waals surface area (Å²) >= 11 is 11.8. The van der Waals surface area contributed by atoms with Crippen molar-refractivity contribution in [1.82, 2.24) is 10.4 Å². The van der Waals surface area contributed by atoms with Crippen LogP contribution >= 0.6 is 23.2 Å². The van der Waals surface area contributed by atoms with Crippen molar-refractivity contribution in [2.45, 2.75) is 6.61 Å². The first-order valence-electron chi connectivity index (χ1n) is 7.52. The van der Waals surface area contributed by atoms with Crippen molar-refractivity contribution >= 4 is 35.3 Å². The third-order valence-electron chi connectivity index (χ3n) is 3.25. The first-order chi connectivity index (χ1) is 12.6. The average Bonchev–Trinajstić information content (AvgIpc) is 3.11. The number of halogens is 2. The summed E-state index contributed by atoms with van der Waals surface area (Å²) in [4.78, 5) is 15.7. The second kappa shape index (κ2) is 8.51. The largest absolute Gasteiger partial charge is 0.486 e. The molecule has 1 aromatic carbocycles. The molecule has 0 bridgehead atoms. The van der Waals surface area contributed by atoms with Gasteiger partial charge in [-0.3, -0.25) is 9.78 Å². The van der Waals surface area contributed by atoms with Gasteiger partial charge in [0.25, 0.3) is 5.91 Å². The number of amides is 1. The number of carbonyl (C=O) groups excluding carboxylic acids is 1. The van der Waals surface area contributed by atoms with Gasteiger partial charge in [0.05, 0.1) is 16.3 Å². The van der Waals surface area contributed by atoms with Crippen molar-refractivity contribution in [2.24, 2.45) is 5.10 Å². The summed E-state index contributed by atoms with van der Waals surface area (Å²) in [5.74, 6) is 1.32. The Kier molecular flexibility index (Phi) is 5.88. The van der Waals surface area contributed by atoms with E-state index in [1.54, 1.807) is 42.5 Å². The molecule has 0 aliphatic rings. The van der Waals surface area contributed by atoms with Crippen LogP contribution in [-0.4, -0.2) is 17.1 Å². The number of benzene rings is 1. The van der Waals surface area contributed by atoms with E-state index < -0.39 is 0 Å². The molecule has 1 amide bonds. The number of nitrogens with one attached hydrogen (secondary N) is 1. The van der Waals surface area contributed by atoms with Crippen LogP contribution in [0.3, 0.4) is 0 Å². The van der Waals surface area contributed by atoms with E-state index in [4.69, 9.17) is 32.4 Å². The Morgan fingerprint density at radius 2 is 1.96 bits per heavy atom. The van der Waals surface area contributed by atoms with E-state index in [-0.39, 0.29) is 12.5 Å². The Labute approximate surface area is 159 Å². The van der Waals surface area contributed by atoms with Gasteiger partial charge in [-0.15, -0.1) is 0 Å². The quantitative estimate of drug-likeness (QED) is 0.502. The predicted molar refractivity (Wildman–Crippen MR) is 98.8 cm³/mol. The van der Waals surface area contributed by atoms with E-state index in [9.17, 15) is 4.79 Å². The van der Waals surface area contributed by atoms with Gasteiger partial charge in [0, 0.05) is 24.0 Å². The average molecular weight is 390 g/mol. The fourth-order valence-electron chi connectivity index (χ4n) is 1.98. The number of hydrazone groups is 1. The highest BCUT2D eigenvalue weighted by Crippen LogP contribution is 2.26. The number of carbonyl (C=O) groups is 1. The lowest BCUT2D eigenvalue weighted by Crippen LogP contribution is -2.17. The van der Waals surface area contributed by atoms with E-state index in [1.807, 2.05) is 0 Å². The third kappa shape index (κ3) is 4.84. The molecular weight excluding hydrogens is 377 g/mol. The van der Waals surface area contributed by atoms with Crippen molar-refractivity contribution < 1.29 is 13.9 Å². The highest BCUT2D eigenvalue weighted by Gasteiger charge is 2.05. The summed E-state index contributed by atoms with van der Waals surface area (Å²) < 4.78 is 11.1. The predicted octanol–water partition coefficient (Wildman–Crippen LogP) is 4.32. The van der Waals surface area contributed by atoms with E-state index in [0.717, 1.165) is 0 Å². The van der Waals surface area contributed by atoms with Crippen LogP contribution in [0.1, 0.15) is 21.9 Å². The molecular formula is C18H13Cl2N3O3. The standard InChI is InChI=1S/C18H13Cl2N3O3/c19-16-4-3-13(9-17(16)20)25-11-15-2-1-14(26-15)10-22-23-18(24)12-5-7-21-8-6-12/h1-10H,11H2,(H,23,24)/b22-10+. The SMILES string of the molecule is O=C(N/N=C/c1ccc(COc2ccc(Cl)c(Cl)c2)o1)c1ccncc1. The minimum absolute atomic E-state index is 0.217. The van der Waals surface area contributed by atoms with Crippen molar-refractivity contribution in [3.05, 3.63) is 82.0 Å². The van der Waals surface area contributed by atoms with Gasteiger partial charge in [-0.25, -0.2) is 5.43 Å². The number of pyridine rings is 1. The Morgan fingerprint density at radius 3 is 2.73 bits per heavy atom. The molecule has 3 aromatic rings. The molecule has 0 aliphatic carbocycles. The minimum atomic E-state index is -0.335. The van der Waals surface area contributed by atoms with Crippen LogP contribution in [0, 0.1) is 0 Å². The van der Waals surface area contributed by atoms with Crippen molar-refractivity contribution in [3.8, 4) is 5.75 Å². The summed E-state index contributed by atoms with van der Waals surface area (Å²) in [7, 11) is 0. The van der Waals surface area contributed by atoms with Crippen LogP contribution in [0.15, 0.2) is 64.4 Å². The van der Waals surface area contributed by atoms with Crippen LogP contribution in [0.4, 0.5) is 0 Å². The monoisotopic (exact) mass is 389 g/mol. The van der Waals surface area contributed by atoms with E-state index >= 15 is 0 Å². The zero-order chi connectivity index (χ0) is 18.4. The number of furan rings is 1. The number of hydrogen-bond donors (Lipinski definition) is 1. The summed E-state index contributed by atoms with van der Waals surface area (Å²) in [5, 5.41) is 4.74. The molecule has 0 unspecified atom stereocenters. The molecule has 0 aliphatic heterocycles. The molecule has 0 saturated heterocycles. The van der Waals surface area contributed by atoms with Gasteiger partial charge in [0.2, 0.25) is 0 Å². The van der Waals surface area contributed by atoms with Gasteiger partial charge in [0.1, 0.15) is 23.9 Å². The Hall–Kier alpha value is -2.83. The Balaban J connectivity index is 1.52. The Morgan fingerprint density at radius 1 is 1.15 bits per heavy atom. The normalized spacial score (nSPS) is 10.8. The number of rotatable bonds is 6. The van der Waals surface area contributed by atoms with Crippen LogP contribution in [0.2, 0.25) is 10.0 Å². The highest BCUT2D eigenvalue weighted by atomic mass is 35.5. The molecule has 2 heterocycles. The number of ether oxygens (including phenoxy) is 1. The second-order valence-corrected chi connectivity index (χ2v) is 5.92. The topological polar surface area (TPSA) is 76.7 Å². The lowest BCUT2D eigenvalue weighted by atomic mass is 10.3. The lowest BCUT2D eigenvalue weighted by molar-refractivity contribution is 0.0955. The first-order valence-corrected chi connectivity index (χ1v) is 8.27. The number of nitrogens with zero attached hydrogens (tertiary/aromatic N) is 2. The van der Waals surface area contributed by atoms with Gasteiger partial charge < -0.3 is 9.15 Å². The first kappa shape index (κ1) is 18.0. The molecule has 8 heteroatoms. The second-order valence-electron chi connectivity index (χ2n) is 5.10. The van der Waals surface area contributed by atoms with Gasteiger partial charge in [0.15, 0.2) is 0 Å². The molecule has 0 atom stereocenters. The molecule has 0 fully saturated rings. The molecule has 132 valence electrons. The summed E-state index contributed by atoms with van der Waals surface area (Å²) in [6.45, 7) is 0.217. The molecule has 26 heavy (non-hydrogen) atoms. The smallest absolute Gasteiger partial charge is 0.271 e. The number of aromatic nitrogens is 1. The van der Waals surface area contributed by atoms with Gasteiger partial charge in [-0.1, -0.05) is 23.2 Å². The lowest BCUT2D eigenvalue weighted by Gasteiger charge is -2.05. The molecule has 6 nitrogen and oxygen atoms in total. The molecule has 0 spiro atoms. The number of hydrogen-bond acceptors (Lipinski definition) is 5. The fourth-order valence-corrected chi connectivity index (χ4v) is 2.27. The summed E-state index contributed by atoms with van der Waals surface area (Å²) in [5.41, 5.74) is 2.88. The zero-order valence-corrected chi connectivity index (χ0v) is 14.9. The van der Waals surface area contributed by atoms with Crippen molar-refractivity contribution in [3.63, 3.8) is 0 Å².